The van der Waals surface area contributed by atoms with Crippen LogP contribution in [0, 0.1) is 0 Å². The van der Waals surface area contributed by atoms with Gasteiger partial charge in [0, 0.05) is 33.1 Å². The number of benzene rings is 9. The summed E-state index contributed by atoms with van der Waals surface area (Å²) in [4.78, 5) is 1.88. The Morgan fingerprint density at radius 2 is 0.981 bits per heavy atom. The summed E-state index contributed by atoms with van der Waals surface area (Å²) in [5.41, 5.74) is 10.1. The van der Waals surface area contributed by atoms with Crippen LogP contribution in [0.3, 0.4) is 0 Å². The lowest BCUT2D eigenvalue weighted by molar-refractivity contribution is 0.673. The largest absolute Gasteiger partial charge is 0.455 e. The van der Waals surface area contributed by atoms with Gasteiger partial charge in [0.15, 0.2) is 0 Å². The van der Waals surface area contributed by atoms with Crippen LogP contribution < -0.4 is 4.90 Å². The normalized spacial score (nSPS) is 12.4. The summed E-state index contributed by atoms with van der Waals surface area (Å²) in [5, 5.41) is 4.08. The molecule has 0 aliphatic carbocycles. The molecule has 0 saturated heterocycles. The summed E-state index contributed by atoms with van der Waals surface area (Å²) in [5.74, 6) is 0. The van der Waals surface area contributed by atoms with E-state index in [0.29, 0.717) is 16.9 Å². The number of para-hydroxylation sites is 1. The number of rotatable bonds is 7. The minimum Gasteiger partial charge on any atom is -0.455 e. The highest BCUT2D eigenvalue weighted by molar-refractivity contribution is 6.19. The molecule has 0 saturated carbocycles. The Hall–Kier alpha value is -7.16. The van der Waals surface area contributed by atoms with Crippen LogP contribution in [0.2, 0.25) is 0 Å². The van der Waals surface area contributed by atoms with Crippen LogP contribution in [-0.4, -0.2) is 0 Å². The molecule has 2 nitrogen and oxygen atoms in total. The zero-order valence-corrected chi connectivity index (χ0v) is 29.3. The number of anilines is 3. The van der Waals surface area contributed by atoms with Crippen molar-refractivity contribution >= 4 is 49.8 Å². The second-order valence-corrected chi connectivity index (χ2v) is 13.4. The van der Waals surface area contributed by atoms with E-state index in [1.54, 1.807) is 0 Å². The summed E-state index contributed by atoms with van der Waals surface area (Å²) in [6.07, 6.45) is 0. The minimum atomic E-state index is -0.132. The fourth-order valence-electron chi connectivity index (χ4n) is 7.54. The van der Waals surface area contributed by atoms with Gasteiger partial charge in [0.2, 0.25) is 0 Å². The van der Waals surface area contributed by atoms with Crippen molar-refractivity contribution in [3.63, 3.8) is 0 Å². The Morgan fingerprint density at radius 3 is 1.74 bits per heavy atom. The minimum absolute atomic E-state index is 0.103. The quantitative estimate of drug-likeness (QED) is 0.165. The van der Waals surface area contributed by atoms with Gasteiger partial charge in [-0.2, -0.15) is 0 Å². The van der Waals surface area contributed by atoms with Gasteiger partial charge in [-0.15, -0.1) is 0 Å². The van der Waals surface area contributed by atoms with Crippen molar-refractivity contribution in [2.75, 3.05) is 4.90 Å². The van der Waals surface area contributed by atoms with Gasteiger partial charge in [0.05, 0.1) is 11.2 Å². The molecule has 10 aromatic rings. The van der Waals surface area contributed by atoms with E-state index >= 15 is 0 Å². The molecular formula is C52H35NO. The summed E-state index contributed by atoms with van der Waals surface area (Å²) in [6, 6.07) is 62.1. The predicted octanol–water partition coefficient (Wildman–Crippen LogP) is 14.9. The molecular weight excluding hydrogens is 655 g/mol. The van der Waals surface area contributed by atoms with Gasteiger partial charge in [0.25, 0.3) is 0 Å². The van der Waals surface area contributed by atoms with Crippen LogP contribution in [0.4, 0.5) is 17.1 Å². The Bertz CT molecular complexity index is 3130. The van der Waals surface area contributed by atoms with E-state index in [-0.39, 0.29) is 35.4 Å². The van der Waals surface area contributed by atoms with Gasteiger partial charge in [-0.25, -0.2) is 0 Å². The van der Waals surface area contributed by atoms with Crippen LogP contribution in [0.5, 0.6) is 0 Å². The van der Waals surface area contributed by atoms with Gasteiger partial charge >= 0.3 is 0 Å². The summed E-state index contributed by atoms with van der Waals surface area (Å²) in [7, 11) is 0. The lowest BCUT2D eigenvalue weighted by atomic mass is 9.95. The molecule has 0 aliphatic heterocycles. The first kappa shape index (κ1) is 27.5. The zero-order valence-electron chi connectivity index (χ0n) is 33.3. The van der Waals surface area contributed by atoms with Crippen molar-refractivity contribution in [2.45, 2.75) is 0 Å². The monoisotopic (exact) mass is 693 g/mol. The van der Waals surface area contributed by atoms with Gasteiger partial charge in [-0.1, -0.05) is 164 Å². The first-order valence-corrected chi connectivity index (χ1v) is 18.1. The molecule has 0 amide bonds. The zero-order chi connectivity index (χ0) is 39.3. The molecule has 9 aromatic carbocycles. The average molecular weight is 694 g/mol. The molecule has 0 fully saturated rings. The highest BCUT2D eigenvalue weighted by Gasteiger charge is 2.21. The van der Waals surface area contributed by atoms with E-state index in [1.807, 2.05) is 108 Å². The number of hydrogen-bond acceptors (Lipinski definition) is 2. The van der Waals surface area contributed by atoms with E-state index in [1.165, 1.54) is 0 Å². The first-order valence-electron chi connectivity index (χ1n) is 20.1. The standard InChI is InChI=1S/C52H35NO/c1-3-13-36(14-4-1)38-25-30-43(31-26-38)53(44-32-27-39(28-33-44)42-19-11-18-41(35-42)37-15-5-2-6-16-37)49-23-10-9-21-46(49)47-22-12-24-50-51(47)48-34-29-40-17-7-8-20-45(40)52(48)54-50/h1-35H/i25D,26D,30D,31D. The second-order valence-electron chi connectivity index (χ2n) is 13.4. The molecule has 0 unspecified atom stereocenters. The number of hydrogen-bond donors (Lipinski definition) is 0. The average Bonchev–Trinajstić information content (AvgIpc) is 3.68. The van der Waals surface area contributed by atoms with Crippen molar-refractivity contribution in [3.05, 3.63) is 212 Å². The molecule has 1 aromatic heterocycles. The highest BCUT2D eigenvalue weighted by atomic mass is 16.3. The molecule has 2 heteroatoms. The molecule has 0 aliphatic rings. The SMILES string of the molecule is [2H]c1c([2H])c(N(c2ccc(-c3cccc(-c4ccccc4)c3)cc2)c2ccccc2-c2cccc3oc4c5ccccc5ccc4c23)c([2H])c([2H])c1-c1ccccc1. The third kappa shape index (κ3) is 5.62. The molecule has 0 atom stereocenters. The van der Waals surface area contributed by atoms with E-state index < -0.39 is 0 Å². The van der Waals surface area contributed by atoms with E-state index in [9.17, 15) is 5.48 Å². The fourth-order valence-corrected chi connectivity index (χ4v) is 7.54. The number of furan rings is 1. The molecule has 10 rings (SSSR count). The molecule has 254 valence electrons. The molecule has 0 bridgehead atoms. The maximum Gasteiger partial charge on any atom is 0.143 e. The third-order valence-corrected chi connectivity index (χ3v) is 10.1. The van der Waals surface area contributed by atoms with Crippen LogP contribution in [-0.2, 0) is 0 Å². The van der Waals surface area contributed by atoms with Crippen molar-refractivity contribution < 1.29 is 9.90 Å². The lowest BCUT2D eigenvalue weighted by Gasteiger charge is -2.28. The van der Waals surface area contributed by atoms with Crippen molar-refractivity contribution in [1.29, 1.82) is 0 Å². The second kappa shape index (κ2) is 13.4. The van der Waals surface area contributed by atoms with Crippen LogP contribution in [0.1, 0.15) is 5.48 Å². The first-order chi connectivity index (χ1) is 28.5. The highest BCUT2D eigenvalue weighted by Crippen LogP contribution is 2.46. The van der Waals surface area contributed by atoms with E-state index in [0.717, 1.165) is 66.1 Å². The Balaban J connectivity index is 1.19. The van der Waals surface area contributed by atoms with Crippen molar-refractivity contribution in [2.24, 2.45) is 0 Å². The third-order valence-electron chi connectivity index (χ3n) is 10.1. The predicted molar refractivity (Wildman–Crippen MR) is 228 cm³/mol. The fraction of sp³-hybridized carbons (Fsp3) is 0. The van der Waals surface area contributed by atoms with Gasteiger partial charge in [0.1, 0.15) is 11.2 Å². The molecule has 0 spiro atoms. The maximum absolute atomic E-state index is 9.55. The van der Waals surface area contributed by atoms with Crippen LogP contribution in [0.25, 0.3) is 77.2 Å². The maximum atomic E-state index is 9.55. The summed E-state index contributed by atoms with van der Waals surface area (Å²) in [6.45, 7) is 0. The molecule has 0 radical (unpaired) electrons. The topological polar surface area (TPSA) is 16.4 Å². The number of fused-ring (bicyclic) bond motifs is 5. The van der Waals surface area contributed by atoms with E-state index in [4.69, 9.17) is 4.42 Å². The van der Waals surface area contributed by atoms with Crippen LogP contribution in [0.15, 0.2) is 217 Å². The molecule has 1 heterocycles. The van der Waals surface area contributed by atoms with Gasteiger partial charge in [-0.3, -0.25) is 0 Å². The van der Waals surface area contributed by atoms with Crippen molar-refractivity contribution in [3.8, 4) is 44.5 Å². The Morgan fingerprint density at radius 1 is 0.389 bits per heavy atom. The van der Waals surface area contributed by atoms with Crippen molar-refractivity contribution in [1.82, 2.24) is 0 Å². The van der Waals surface area contributed by atoms with Gasteiger partial charge < -0.3 is 9.32 Å². The summed E-state index contributed by atoms with van der Waals surface area (Å²) < 4.78 is 44.3. The smallest absolute Gasteiger partial charge is 0.143 e. The Labute approximate surface area is 320 Å². The molecule has 0 N–H and O–H groups in total. The summed E-state index contributed by atoms with van der Waals surface area (Å²) >= 11 is 0. The molecule has 54 heavy (non-hydrogen) atoms. The lowest BCUT2D eigenvalue weighted by Crippen LogP contribution is -2.11. The van der Waals surface area contributed by atoms with E-state index in [2.05, 4.69) is 84.9 Å². The van der Waals surface area contributed by atoms with Gasteiger partial charge in [-0.05, 0) is 92.8 Å². The number of nitrogens with zero attached hydrogens (tertiary/aromatic N) is 1. The Kier molecular flexibility index (Phi) is 6.84. The van der Waals surface area contributed by atoms with Crippen LogP contribution >= 0.6 is 0 Å².